The van der Waals surface area contributed by atoms with Crippen LogP contribution in [-0.4, -0.2) is 0 Å². The Morgan fingerprint density at radius 1 is 1.00 bits per heavy atom. The zero-order chi connectivity index (χ0) is 4.71. The first-order chi connectivity index (χ1) is 2.41. The van der Waals surface area contributed by atoms with E-state index in [1.807, 2.05) is 0 Å². The van der Waals surface area contributed by atoms with Gasteiger partial charge in [0, 0.05) is 37.2 Å². The van der Waals surface area contributed by atoms with Gasteiger partial charge in [0.15, 0.2) is 0 Å². The molecule has 0 saturated heterocycles. The van der Waals surface area contributed by atoms with E-state index in [2.05, 4.69) is 74.5 Å². The van der Waals surface area contributed by atoms with E-state index in [0.717, 1.165) is 0 Å². The SMILES string of the molecule is C.I.II.I[I-]I. The molecule has 0 aliphatic rings. The Hall–Kier alpha value is 4.38. The van der Waals surface area contributed by atoms with Crippen molar-refractivity contribution in [3.63, 3.8) is 0 Å². The molecule has 0 spiro atoms. The van der Waals surface area contributed by atoms with Gasteiger partial charge in [-0.05, 0) is 0 Å². The van der Waals surface area contributed by atoms with Crippen LogP contribution in [0.3, 0.4) is 0 Å². The molecule has 0 atom stereocenters. The summed E-state index contributed by atoms with van der Waals surface area (Å²) in [6, 6.07) is 0. The van der Waals surface area contributed by atoms with Crippen molar-refractivity contribution >= 4 is 98.4 Å². The van der Waals surface area contributed by atoms with E-state index in [4.69, 9.17) is 0 Å². The zero-order valence-electron chi connectivity index (χ0n) is 2.30. The molecule has 0 aromatic carbocycles. The maximum atomic E-state index is 2.39. The molecule has 0 radical (unpaired) electrons. The zero-order valence-corrected chi connectivity index (χ0v) is 15.4. The molecule has 7 heavy (non-hydrogen) atoms. The normalized spacial score (nSPS) is 4.00. The van der Waals surface area contributed by atoms with Crippen LogP contribution in [0.1, 0.15) is 7.43 Å². The van der Waals surface area contributed by atoms with Gasteiger partial charge in [0.2, 0.25) is 0 Å². The monoisotopic (exact) mass is 778 g/mol. The van der Waals surface area contributed by atoms with E-state index >= 15 is 0 Å². The van der Waals surface area contributed by atoms with E-state index < -0.39 is 0 Å². The van der Waals surface area contributed by atoms with Gasteiger partial charge in [0.05, 0.1) is 0 Å². The van der Waals surface area contributed by atoms with Gasteiger partial charge < -0.3 is 0 Å². The van der Waals surface area contributed by atoms with Gasteiger partial charge in [-0.1, -0.05) is 7.43 Å². The van der Waals surface area contributed by atoms with Crippen molar-refractivity contribution in [3.8, 4) is 0 Å². The van der Waals surface area contributed by atoms with Crippen molar-refractivity contribution in [2.75, 3.05) is 0 Å². The van der Waals surface area contributed by atoms with Gasteiger partial charge in [0.25, 0.3) is 0 Å². The Labute approximate surface area is 115 Å². The Bertz CT molecular complexity index is 4.14. The molecule has 0 saturated carbocycles. The molecule has 6 heteroatoms. The number of halogens is 6. The van der Waals surface area contributed by atoms with Crippen molar-refractivity contribution in [2.24, 2.45) is 0 Å². The summed E-state index contributed by atoms with van der Waals surface area (Å²) in [6.45, 7) is 0. The van der Waals surface area contributed by atoms with Crippen molar-refractivity contribution in [1.82, 2.24) is 0 Å². The standard InChI is InChI=1S/CH4.I3.I2.HI/c;1-3-2;1-2;/h1H4;;;1H/q;-1;;. The third-order valence-electron chi connectivity index (χ3n) is 0. The summed E-state index contributed by atoms with van der Waals surface area (Å²) in [5.74, 6) is 0. The molecule has 0 amide bonds. The molecule has 0 fully saturated rings. The van der Waals surface area contributed by atoms with Crippen LogP contribution in [0.5, 0.6) is 0 Å². The van der Waals surface area contributed by atoms with Crippen LogP contribution in [0.25, 0.3) is 0 Å². The topological polar surface area (TPSA) is 0 Å². The summed E-state index contributed by atoms with van der Waals surface area (Å²) in [7, 11) is 0. The molecule has 0 rings (SSSR count). The molecule has 0 unspecified atom stereocenters. The van der Waals surface area contributed by atoms with Gasteiger partial charge in [-0.3, -0.25) is 0 Å². The second-order valence-electron chi connectivity index (χ2n) is 0.0540. The fourth-order valence-electron chi connectivity index (χ4n) is 0. The van der Waals surface area contributed by atoms with E-state index in [-0.39, 0.29) is 31.4 Å². The average Bonchev–Trinajstić information content (AvgIpc) is 1.46. The second-order valence-corrected chi connectivity index (χ2v) is 16.3. The predicted octanol–water partition coefficient (Wildman–Crippen LogP) is 1.80. The quantitative estimate of drug-likeness (QED) is 0.330. The molecule has 0 bridgehead atoms. The average molecular weight is 778 g/mol. The Morgan fingerprint density at radius 2 is 1.00 bits per heavy atom. The van der Waals surface area contributed by atoms with Crippen LogP contribution in [0.2, 0.25) is 0 Å². The van der Waals surface area contributed by atoms with E-state index in [1.54, 1.807) is 0 Å². The van der Waals surface area contributed by atoms with Crippen molar-refractivity contribution < 1.29 is 13.3 Å². The molecule has 0 aromatic rings. The molecule has 0 nitrogen and oxygen atoms in total. The molecule has 0 aliphatic heterocycles. The first-order valence-corrected chi connectivity index (χ1v) is 19.3. The van der Waals surface area contributed by atoms with E-state index in [9.17, 15) is 0 Å². The van der Waals surface area contributed by atoms with Crippen LogP contribution in [0.15, 0.2) is 0 Å². The summed E-state index contributed by atoms with van der Waals surface area (Å²) in [4.78, 5) is 0. The third kappa shape index (κ3) is 38.0. The molecular formula is CH5I6-. The number of hydrogen-bond acceptors (Lipinski definition) is 0. The summed E-state index contributed by atoms with van der Waals surface area (Å²) >= 11 is 9.54. The molecule has 0 N–H and O–H groups in total. The van der Waals surface area contributed by atoms with Crippen LogP contribution < -0.4 is 13.3 Å². The minimum atomic E-state index is 0. The van der Waals surface area contributed by atoms with Gasteiger partial charge in [-0.2, -0.15) is 0 Å². The van der Waals surface area contributed by atoms with Crippen LogP contribution >= 0.6 is 98.4 Å². The fourth-order valence-corrected chi connectivity index (χ4v) is 0. The third-order valence-corrected chi connectivity index (χ3v) is 0. The summed E-state index contributed by atoms with van der Waals surface area (Å²) in [5, 5.41) is 0. The van der Waals surface area contributed by atoms with Crippen LogP contribution in [0, 0.1) is 0 Å². The summed E-state index contributed by atoms with van der Waals surface area (Å²) in [5.41, 5.74) is 0. The van der Waals surface area contributed by atoms with Gasteiger partial charge in [-0.15, -0.1) is 24.0 Å². The van der Waals surface area contributed by atoms with Crippen molar-refractivity contribution in [2.45, 2.75) is 7.43 Å². The van der Waals surface area contributed by atoms with E-state index in [1.165, 1.54) is 0 Å². The maximum absolute atomic E-state index is 2.39. The molecular weight excluding hydrogens is 773 g/mol. The minimum absolute atomic E-state index is 0. The summed E-state index contributed by atoms with van der Waals surface area (Å²) < 4.78 is 0. The first-order valence-electron chi connectivity index (χ1n) is 0.429. The van der Waals surface area contributed by atoms with Crippen LogP contribution in [0.4, 0.5) is 0 Å². The number of rotatable bonds is 0. The van der Waals surface area contributed by atoms with Crippen molar-refractivity contribution in [3.05, 3.63) is 0 Å². The molecule has 52 valence electrons. The van der Waals surface area contributed by atoms with Gasteiger partial charge in [0.1, 0.15) is 0 Å². The molecule has 0 heterocycles. The Morgan fingerprint density at radius 3 is 1.00 bits per heavy atom. The summed E-state index contributed by atoms with van der Waals surface area (Å²) in [6.07, 6.45) is 0. The molecule has 0 aromatic heterocycles. The number of hydrogen-bond donors (Lipinski definition) is 0. The van der Waals surface area contributed by atoms with Crippen molar-refractivity contribution in [1.29, 1.82) is 0 Å². The Balaban J connectivity index is -0.0000000105. The van der Waals surface area contributed by atoms with Crippen LogP contribution in [-0.2, 0) is 0 Å². The predicted molar refractivity (Wildman–Crippen MR) is 78.2 cm³/mol. The van der Waals surface area contributed by atoms with Gasteiger partial charge in [-0.25, -0.2) is 0 Å². The fraction of sp³-hybridized carbons (Fsp3) is 1.00. The molecule has 0 aliphatic carbocycles. The Kier molecular flexibility index (Phi) is 101. The van der Waals surface area contributed by atoms with Gasteiger partial charge >= 0.3 is 50.5 Å². The van der Waals surface area contributed by atoms with E-state index in [0.29, 0.717) is 13.3 Å². The first kappa shape index (κ1) is 22.5. The second kappa shape index (κ2) is 31.6.